The van der Waals surface area contributed by atoms with Crippen LogP contribution in [0.15, 0.2) is 69.6 Å². The molecule has 0 spiro atoms. The Kier molecular flexibility index (Phi) is 7.40. The molecular formula is C23H23Br2NO2. The first kappa shape index (κ1) is 20.7. The Labute approximate surface area is 183 Å². The van der Waals surface area contributed by atoms with Gasteiger partial charge < -0.3 is 14.8 Å². The summed E-state index contributed by atoms with van der Waals surface area (Å²) in [5.41, 5.74) is 4.56. The first-order chi connectivity index (χ1) is 13.6. The fourth-order valence-electron chi connectivity index (χ4n) is 2.82. The SMILES string of the molecule is CCOc1cc(CNc2ccc(Br)cc2)cc(Br)c1OCc1ccccc1C. The summed E-state index contributed by atoms with van der Waals surface area (Å²) in [6, 6.07) is 20.5. The van der Waals surface area contributed by atoms with E-state index in [4.69, 9.17) is 9.47 Å². The quantitative estimate of drug-likeness (QED) is 0.354. The molecule has 146 valence electrons. The minimum Gasteiger partial charge on any atom is -0.490 e. The highest BCUT2D eigenvalue weighted by Crippen LogP contribution is 2.38. The van der Waals surface area contributed by atoms with Crippen molar-refractivity contribution < 1.29 is 9.47 Å². The van der Waals surface area contributed by atoms with Gasteiger partial charge in [-0.2, -0.15) is 0 Å². The second kappa shape index (κ2) is 9.99. The van der Waals surface area contributed by atoms with Crippen molar-refractivity contribution in [3.8, 4) is 11.5 Å². The maximum Gasteiger partial charge on any atom is 0.175 e. The van der Waals surface area contributed by atoms with Crippen LogP contribution in [0.4, 0.5) is 5.69 Å². The molecule has 28 heavy (non-hydrogen) atoms. The second-order valence-corrected chi connectivity index (χ2v) is 8.18. The van der Waals surface area contributed by atoms with Crippen molar-refractivity contribution in [1.82, 2.24) is 0 Å². The van der Waals surface area contributed by atoms with Crippen molar-refractivity contribution in [3.05, 3.63) is 86.3 Å². The van der Waals surface area contributed by atoms with Gasteiger partial charge in [0.15, 0.2) is 11.5 Å². The van der Waals surface area contributed by atoms with E-state index in [0.29, 0.717) is 19.8 Å². The summed E-state index contributed by atoms with van der Waals surface area (Å²) in [6.45, 7) is 5.84. The highest BCUT2D eigenvalue weighted by atomic mass is 79.9. The fraction of sp³-hybridized carbons (Fsp3) is 0.217. The van der Waals surface area contributed by atoms with E-state index in [0.717, 1.165) is 37.3 Å². The van der Waals surface area contributed by atoms with Crippen LogP contribution in [0.2, 0.25) is 0 Å². The predicted octanol–water partition coefficient (Wildman–Crippen LogP) is 7.11. The zero-order chi connectivity index (χ0) is 19.9. The molecule has 0 aromatic heterocycles. The van der Waals surface area contributed by atoms with Gasteiger partial charge in [0.25, 0.3) is 0 Å². The first-order valence-corrected chi connectivity index (χ1v) is 10.8. The summed E-state index contributed by atoms with van der Waals surface area (Å²) in [5.74, 6) is 1.48. The highest BCUT2D eigenvalue weighted by molar-refractivity contribution is 9.10. The Hall–Kier alpha value is -1.98. The van der Waals surface area contributed by atoms with E-state index in [1.54, 1.807) is 0 Å². The summed E-state index contributed by atoms with van der Waals surface area (Å²) in [4.78, 5) is 0. The van der Waals surface area contributed by atoms with E-state index in [1.165, 1.54) is 5.56 Å². The van der Waals surface area contributed by atoms with Gasteiger partial charge in [0.2, 0.25) is 0 Å². The number of benzene rings is 3. The summed E-state index contributed by atoms with van der Waals surface area (Å²) in [7, 11) is 0. The normalized spacial score (nSPS) is 10.6. The van der Waals surface area contributed by atoms with Crippen LogP contribution in [0, 0.1) is 6.92 Å². The molecule has 0 radical (unpaired) electrons. The lowest BCUT2D eigenvalue weighted by molar-refractivity contribution is 0.267. The van der Waals surface area contributed by atoms with Gasteiger partial charge in [0.1, 0.15) is 6.61 Å². The molecule has 0 aliphatic heterocycles. The highest BCUT2D eigenvalue weighted by Gasteiger charge is 2.13. The van der Waals surface area contributed by atoms with Crippen LogP contribution >= 0.6 is 31.9 Å². The number of anilines is 1. The number of rotatable bonds is 8. The summed E-state index contributed by atoms with van der Waals surface area (Å²) < 4.78 is 13.9. The molecule has 3 aromatic rings. The monoisotopic (exact) mass is 503 g/mol. The van der Waals surface area contributed by atoms with E-state index in [9.17, 15) is 0 Å². The van der Waals surface area contributed by atoms with Crippen LogP contribution in [-0.4, -0.2) is 6.61 Å². The average Bonchev–Trinajstić information content (AvgIpc) is 2.68. The largest absolute Gasteiger partial charge is 0.490 e. The number of nitrogens with one attached hydrogen (secondary N) is 1. The number of hydrogen-bond acceptors (Lipinski definition) is 3. The van der Waals surface area contributed by atoms with Crippen molar-refractivity contribution in [2.45, 2.75) is 27.0 Å². The summed E-state index contributed by atoms with van der Waals surface area (Å²) >= 11 is 7.11. The Bertz CT molecular complexity index is 926. The van der Waals surface area contributed by atoms with Crippen LogP contribution in [-0.2, 0) is 13.2 Å². The molecule has 0 fully saturated rings. The summed E-state index contributed by atoms with van der Waals surface area (Å²) in [6.07, 6.45) is 0. The van der Waals surface area contributed by atoms with E-state index in [1.807, 2.05) is 49.4 Å². The lowest BCUT2D eigenvalue weighted by atomic mass is 10.1. The predicted molar refractivity (Wildman–Crippen MR) is 122 cm³/mol. The molecule has 3 aromatic carbocycles. The molecule has 0 atom stereocenters. The Morgan fingerprint density at radius 1 is 0.929 bits per heavy atom. The van der Waals surface area contributed by atoms with Crippen LogP contribution in [0.1, 0.15) is 23.6 Å². The van der Waals surface area contributed by atoms with Gasteiger partial charge in [0, 0.05) is 16.7 Å². The van der Waals surface area contributed by atoms with Crippen LogP contribution in [0.3, 0.4) is 0 Å². The van der Waals surface area contributed by atoms with E-state index in [2.05, 4.69) is 62.3 Å². The van der Waals surface area contributed by atoms with Gasteiger partial charge >= 0.3 is 0 Å². The number of ether oxygens (including phenoxy) is 2. The molecule has 1 N–H and O–H groups in total. The van der Waals surface area contributed by atoms with Crippen molar-refractivity contribution in [2.75, 3.05) is 11.9 Å². The van der Waals surface area contributed by atoms with Gasteiger partial charge in [-0.05, 0) is 82.9 Å². The molecule has 3 rings (SSSR count). The molecule has 0 heterocycles. The molecule has 0 aliphatic rings. The topological polar surface area (TPSA) is 30.5 Å². The van der Waals surface area contributed by atoms with E-state index in [-0.39, 0.29) is 0 Å². The number of halogens is 2. The average molecular weight is 505 g/mol. The lowest BCUT2D eigenvalue weighted by Gasteiger charge is -2.17. The van der Waals surface area contributed by atoms with Gasteiger partial charge in [-0.25, -0.2) is 0 Å². The van der Waals surface area contributed by atoms with E-state index >= 15 is 0 Å². The molecule has 3 nitrogen and oxygen atoms in total. The third-order valence-electron chi connectivity index (χ3n) is 4.34. The van der Waals surface area contributed by atoms with Crippen LogP contribution < -0.4 is 14.8 Å². The van der Waals surface area contributed by atoms with Crippen molar-refractivity contribution >= 4 is 37.5 Å². The second-order valence-electron chi connectivity index (χ2n) is 6.41. The smallest absolute Gasteiger partial charge is 0.175 e. The third-order valence-corrected chi connectivity index (χ3v) is 5.46. The summed E-state index contributed by atoms with van der Waals surface area (Å²) in [5, 5.41) is 3.43. The molecular weight excluding hydrogens is 482 g/mol. The Morgan fingerprint density at radius 3 is 2.39 bits per heavy atom. The zero-order valence-electron chi connectivity index (χ0n) is 16.0. The minimum absolute atomic E-state index is 0.502. The number of aryl methyl sites for hydroxylation is 1. The van der Waals surface area contributed by atoms with Crippen molar-refractivity contribution in [2.24, 2.45) is 0 Å². The van der Waals surface area contributed by atoms with Gasteiger partial charge in [-0.1, -0.05) is 40.2 Å². The van der Waals surface area contributed by atoms with Gasteiger partial charge in [-0.15, -0.1) is 0 Å². The molecule has 0 saturated heterocycles. The van der Waals surface area contributed by atoms with Crippen LogP contribution in [0.5, 0.6) is 11.5 Å². The Balaban J connectivity index is 1.75. The molecule has 5 heteroatoms. The molecule has 0 unspecified atom stereocenters. The van der Waals surface area contributed by atoms with E-state index < -0.39 is 0 Å². The van der Waals surface area contributed by atoms with Gasteiger partial charge in [0.05, 0.1) is 11.1 Å². The maximum atomic E-state index is 6.12. The molecule has 0 bridgehead atoms. The fourth-order valence-corrected chi connectivity index (χ4v) is 3.69. The molecule has 0 aliphatic carbocycles. The van der Waals surface area contributed by atoms with Crippen molar-refractivity contribution in [3.63, 3.8) is 0 Å². The minimum atomic E-state index is 0.502. The standard InChI is InChI=1S/C23H23Br2NO2/c1-3-27-22-13-17(14-26-20-10-8-19(24)9-11-20)12-21(25)23(22)28-15-18-7-5-4-6-16(18)2/h4-13,26H,3,14-15H2,1-2H3. The van der Waals surface area contributed by atoms with Gasteiger partial charge in [-0.3, -0.25) is 0 Å². The van der Waals surface area contributed by atoms with Crippen molar-refractivity contribution in [1.29, 1.82) is 0 Å². The molecule has 0 amide bonds. The van der Waals surface area contributed by atoms with Crippen LogP contribution in [0.25, 0.3) is 0 Å². The lowest BCUT2D eigenvalue weighted by Crippen LogP contribution is -2.04. The number of hydrogen-bond donors (Lipinski definition) is 1. The maximum absolute atomic E-state index is 6.12. The first-order valence-electron chi connectivity index (χ1n) is 9.18. The molecule has 0 saturated carbocycles. The third kappa shape index (κ3) is 5.52. The Morgan fingerprint density at radius 2 is 1.68 bits per heavy atom. The zero-order valence-corrected chi connectivity index (χ0v) is 19.1.